The van der Waals surface area contributed by atoms with Crippen LogP contribution in [0.3, 0.4) is 0 Å². The van der Waals surface area contributed by atoms with Crippen LogP contribution in [0.25, 0.3) is 0 Å². The Balaban J connectivity index is 2.41. The van der Waals surface area contributed by atoms with Gasteiger partial charge in [-0.05, 0) is 6.07 Å². The van der Waals surface area contributed by atoms with E-state index in [2.05, 4.69) is 21.9 Å². The number of carbonyl (C=O) groups excluding carboxylic acids is 2. The molecular weight excluding hydrogens is 268 g/mol. The number of nitrogens with one attached hydrogen (secondary N) is 1. The van der Waals surface area contributed by atoms with Crippen molar-refractivity contribution in [3.05, 3.63) is 21.9 Å². The largest absolute Gasteiger partial charge is 0.448 e. The van der Waals surface area contributed by atoms with Gasteiger partial charge in [0.25, 0.3) is 5.91 Å². The van der Waals surface area contributed by atoms with Crippen molar-refractivity contribution in [2.45, 2.75) is 6.42 Å². The topological polar surface area (TPSA) is 102 Å². The van der Waals surface area contributed by atoms with Gasteiger partial charge >= 0.3 is 6.09 Å². The van der Waals surface area contributed by atoms with Crippen LogP contribution in [0.2, 0.25) is 0 Å². The van der Waals surface area contributed by atoms with E-state index in [1.807, 2.05) is 0 Å². The molecule has 19 heavy (non-hydrogen) atoms. The van der Waals surface area contributed by atoms with Crippen molar-refractivity contribution in [3.63, 3.8) is 0 Å². The molecule has 0 spiro atoms. The van der Waals surface area contributed by atoms with Crippen molar-refractivity contribution >= 4 is 23.3 Å². The normalized spacial score (nSPS) is 9.32. The fourth-order valence-corrected chi connectivity index (χ4v) is 1.90. The molecule has 0 unspecified atom stereocenters. The lowest BCUT2D eigenvalue weighted by molar-refractivity contribution is 0.0937. The molecule has 0 atom stereocenters. The zero-order valence-electron chi connectivity index (χ0n) is 10.1. The monoisotopic (exact) mass is 282 g/mol. The van der Waals surface area contributed by atoms with E-state index in [0.717, 1.165) is 4.88 Å². The lowest BCUT2D eigenvalue weighted by Gasteiger charge is -2.03. The summed E-state index contributed by atoms with van der Waals surface area (Å²) >= 11 is 1.35. The standard InChI is InChI=1S/C12H14N2O4S/c13-12(17)18-6-4-14-11(16)9-7-10(19-8-9)3-1-2-5-15/h7-8,15H,2,4-6H2,(H2,13,17)(H,14,16). The molecule has 0 fully saturated rings. The summed E-state index contributed by atoms with van der Waals surface area (Å²) in [6.45, 7) is 0.253. The Labute approximate surface area is 114 Å². The Morgan fingerprint density at radius 3 is 3.00 bits per heavy atom. The molecule has 0 aliphatic rings. The lowest BCUT2D eigenvalue weighted by Crippen LogP contribution is -2.28. The highest BCUT2D eigenvalue weighted by Crippen LogP contribution is 2.13. The molecule has 0 radical (unpaired) electrons. The maximum absolute atomic E-state index is 11.7. The van der Waals surface area contributed by atoms with Crippen molar-refractivity contribution in [1.82, 2.24) is 5.32 Å². The van der Waals surface area contributed by atoms with E-state index >= 15 is 0 Å². The fraction of sp³-hybridized carbons (Fsp3) is 0.333. The van der Waals surface area contributed by atoms with Crippen LogP contribution in [0.15, 0.2) is 11.4 Å². The average molecular weight is 282 g/mol. The second kappa shape index (κ2) is 8.13. The summed E-state index contributed by atoms with van der Waals surface area (Å²) in [7, 11) is 0. The van der Waals surface area contributed by atoms with E-state index < -0.39 is 6.09 Å². The fourth-order valence-electron chi connectivity index (χ4n) is 1.14. The Morgan fingerprint density at radius 1 is 1.53 bits per heavy atom. The first kappa shape index (κ1) is 15.0. The minimum absolute atomic E-state index is 0.0194. The van der Waals surface area contributed by atoms with Crippen molar-refractivity contribution in [2.24, 2.45) is 5.73 Å². The molecule has 0 saturated carbocycles. The van der Waals surface area contributed by atoms with E-state index in [-0.39, 0.29) is 25.7 Å². The lowest BCUT2D eigenvalue weighted by atomic mass is 10.3. The van der Waals surface area contributed by atoms with Gasteiger partial charge in [0.2, 0.25) is 0 Å². The first-order chi connectivity index (χ1) is 9.13. The number of carbonyl (C=O) groups is 2. The quantitative estimate of drug-likeness (QED) is 0.534. The molecule has 0 aliphatic heterocycles. The zero-order valence-corrected chi connectivity index (χ0v) is 11.0. The van der Waals surface area contributed by atoms with Crippen LogP contribution in [0.1, 0.15) is 21.7 Å². The predicted octanol–water partition coefficient (Wildman–Crippen LogP) is 0.307. The van der Waals surface area contributed by atoms with Crippen molar-refractivity contribution < 1.29 is 19.4 Å². The Morgan fingerprint density at radius 2 is 2.32 bits per heavy atom. The second-order valence-corrected chi connectivity index (χ2v) is 4.31. The Kier molecular flexibility index (Phi) is 6.43. The summed E-state index contributed by atoms with van der Waals surface area (Å²) in [6.07, 6.45) is -0.463. The number of thiophene rings is 1. The van der Waals surface area contributed by atoms with Crippen molar-refractivity contribution in [2.75, 3.05) is 19.8 Å². The number of hydrogen-bond acceptors (Lipinski definition) is 5. The highest BCUT2D eigenvalue weighted by Gasteiger charge is 2.07. The van der Waals surface area contributed by atoms with Gasteiger partial charge in [-0.15, -0.1) is 11.3 Å². The molecule has 1 heterocycles. The SMILES string of the molecule is NC(=O)OCCNC(=O)c1csc(C#CCCO)c1. The number of rotatable bonds is 5. The summed E-state index contributed by atoms with van der Waals surface area (Å²) < 4.78 is 4.48. The van der Waals surface area contributed by atoms with Gasteiger partial charge in [0, 0.05) is 11.8 Å². The minimum atomic E-state index is -0.869. The molecule has 0 aromatic carbocycles. The molecule has 0 bridgehead atoms. The Hall–Kier alpha value is -2.04. The zero-order chi connectivity index (χ0) is 14.1. The van der Waals surface area contributed by atoms with Crippen LogP contribution in [0.4, 0.5) is 4.79 Å². The maximum Gasteiger partial charge on any atom is 0.404 e. The molecule has 0 saturated heterocycles. The Bertz CT molecular complexity index is 501. The van der Waals surface area contributed by atoms with E-state index in [1.165, 1.54) is 11.3 Å². The number of nitrogens with two attached hydrogens (primary N) is 1. The number of hydrogen-bond donors (Lipinski definition) is 3. The molecule has 7 heteroatoms. The van der Waals surface area contributed by atoms with Crippen LogP contribution < -0.4 is 11.1 Å². The molecule has 6 nitrogen and oxygen atoms in total. The van der Waals surface area contributed by atoms with Crippen LogP contribution in [0.5, 0.6) is 0 Å². The van der Waals surface area contributed by atoms with Crippen LogP contribution in [0, 0.1) is 11.8 Å². The van der Waals surface area contributed by atoms with Gasteiger partial charge in [-0.1, -0.05) is 11.8 Å². The van der Waals surface area contributed by atoms with E-state index in [4.69, 9.17) is 10.8 Å². The number of aliphatic hydroxyl groups excluding tert-OH is 1. The van der Waals surface area contributed by atoms with E-state index in [1.54, 1.807) is 11.4 Å². The highest BCUT2D eigenvalue weighted by atomic mass is 32.1. The second-order valence-electron chi connectivity index (χ2n) is 3.40. The number of amides is 2. The smallest absolute Gasteiger partial charge is 0.404 e. The summed E-state index contributed by atoms with van der Waals surface area (Å²) in [5.74, 6) is 5.36. The van der Waals surface area contributed by atoms with Gasteiger partial charge < -0.3 is 20.9 Å². The molecule has 1 aromatic heterocycles. The molecule has 1 aromatic rings. The molecule has 1 rings (SSSR count). The van der Waals surface area contributed by atoms with E-state index in [9.17, 15) is 9.59 Å². The number of ether oxygens (including phenoxy) is 1. The summed E-state index contributed by atoms with van der Waals surface area (Å²) in [5, 5.41) is 12.9. The molecule has 2 amide bonds. The average Bonchev–Trinajstić information content (AvgIpc) is 2.83. The van der Waals surface area contributed by atoms with Crippen LogP contribution in [-0.2, 0) is 4.74 Å². The van der Waals surface area contributed by atoms with Gasteiger partial charge in [-0.25, -0.2) is 4.79 Å². The predicted molar refractivity (Wildman–Crippen MR) is 70.8 cm³/mol. The number of primary amides is 1. The third-order valence-electron chi connectivity index (χ3n) is 1.94. The van der Waals surface area contributed by atoms with Gasteiger partial charge in [0.05, 0.1) is 23.6 Å². The van der Waals surface area contributed by atoms with Gasteiger partial charge in [0.15, 0.2) is 0 Å². The summed E-state index contributed by atoms with van der Waals surface area (Å²) in [5.41, 5.74) is 5.27. The third kappa shape index (κ3) is 5.90. The number of aliphatic hydroxyl groups is 1. The van der Waals surface area contributed by atoms with Gasteiger partial charge in [-0.2, -0.15) is 0 Å². The molecular formula is C12H14N2O4S. The first-order valence-corrected chi connectivity index (χ1v) is 6.40. The van der Waals surface area contributed by atoms with E-state index in [0.29, 0.717) is 12.0 Å². The van der Waals surface area contributed by atoms with Crippen LogP contribution >= 0.6 is 11.3 Å². The summed E-state index contributed by atoms with van der Waals surface area (Å²) in [6, 6.07) is 1.67. The molecule has 102 valence electrons. The molecule has 4 N–H and O–H groups in total. The van der Waals surface area contributed by atoms with Crippen molar-refractivity contribution in [3.8, 4) is 11.8 Å². The first-order valence-electron chi connectivity index (χ1n) is 5.52. The summed E-state index contributed by atoms with van der Waals surface area (Å²) in [4.78, 5) is 22.7. The minimum Gasteiger partial charge on any atom is -0.448 e. The molecule has 0 aliphatic carbocycles. The highest BCUT2D eigenvalue weighted by molar-refractivity contribution is 7.10. The van der Waals surface area contributed by atoms with Gasteiger partial charge in [-0.3, -0.25) is 4.79 Å². The maximum atomic E-state index is 11.7. The van der Waals surface area contributed by atoms with Gasteiger partial charge in [0.1, 0.15) is 6.61 Å². The van der Waals surface area contributed by atoms with Crippen molar-refractivity contribution in [1.29, 1.82) is 0 Å². The van der Waals surface area contributed by atoms with Crippen LogP contribution in [-0.4, -0.2) is 36.9 Å². The third-order valence-corrected chi connectivity index (χ3v) is 2.79.